The van der Waals surface area contributed by atoms with E-state index in [0.717, 1.165) is 7.11 Å². The number of rotatable bonds is 4. The van der Waals surface area contributed by atoms with Gasteiger partial charge in [-0.1, -0.05) is 0 Å². The number of nitrogens with zero attached hydrogens (tertiary/aromatic N) is 1. The third-order valence-electron chi connectivity index (χ3n) is 2.04. The van der Waals surface area contributed by atoms with E-state index in [4.69, 9.17) is 0 Å². The van der Waals surface area contributed by atoms with Crippen molar-refractivity contribution < 1.29 is 41.3 Å². The third kappa shape index (κ3) is 4.21. The number of aromatic nitrogens is 1. The molecule has 0 bridgehead atoms. The van der Waals surface area contributed by atoms with Gasteiger partial charge in [0.2, 0.25) is 0 Å². The Morgan fingerprint density at radius 2 is 2.05 bits per heavy atom. The third-order valence-corrected chi connectivity index (χ3v) is 2.04. The van der Waals surface area contributed by atoms with Crippen LogP contribution in [0.2, 0.25) is 0 Å². The molecule has 1 N–H and O–H groups in total. The predicted molar refractivity (Wildman–Crippen MR) is 53.3 cm³/mol. The van der Waals surface area contributed by atoms with Gasteiger partial charge in [-0.3, -0.25) is 4.79 Å². The minimum absolute atomic E-state index is 0.244. The van der Waals surface area contributed by atoms with Crippen molar-refractivity contribution in [2.45, 2.75) is 19.2 Å². The summed E-state index contributed by atoms with van der Waals surface area (Å²) in [6.07, 6.45) is -9.18. The summed E-state index contributed by atoms with van der Waals surface area (Å²) < 4.78 is 68.9. The highest BCUT2D eigenvalue weighted by Crippen LogP contribution is 2.36. The van der Waals surface area contributed by atoms with Crippen LogP contribution >= 0.6 is 0 Å². The van der Waals surface area contributed by atoms with E-state index in [9.17, 15) is 31.9 Å². The Labute approximate surface area is 108 Å². The summed E-state index contributed by atoms with van der Waals surface area (Å²) in [4.78, 5) is 14.2. The van der Waals surface area contributed by atoms with Gasteiger partial charge in [-0.15, -0.1) is 13.2 Å². The van der Waals surface area contributed by atoms with E-state index in [1.165, 1.54) is 0 Å². The Kier molecular flexibility index (Phi) is 4.69. The number of hydrogen-bond acceptors (Lipinski definition) is 5. The van der Waals surface area contributed by atoms with Crippen LogP contribution in [0.3, 0.4) is 0 Å². The summed E-state index contributed by atoms with van der Waals surface area (Å²) in [5.74, 6) is -3.39. The van der Waals surface area contributed by atoms with Crippen molar-refractivity contribution in [1.29, 1.82) is 0 Å². The molecule has 112 valence electrons. The molecule has 0 amide bonds. The molecular weight excluding hydrogens is 293 g/mol. The highest BCUT2D eigenvalue weighted by Gasteiger charge is 2.34. The molecule has 0 saturated carbocycles. The number of alkyl halides is 5. The largest absolute Gasteiger partial charge is 0.573 e. The Morgan fingerprint density at radius 1 is 1.45 bits per heavy atom. The number of ether oxygens (including phenoxy) is 2. The number of carbonyl (C=O) groups excluding carboxylic acids is 1. The maximum atomic E-state index is 12.5. The summed E-state index contributed by atoms with van der Waals surface area (Å²) in [5.41, 5.74) is -1.77. The lowest BCUT2D eigenvalue weighted by Gasteiger charge is -2.13. The van der Waals surface area contributed by atoms with Gasteiger partial charge in [-0.05, 0) is 0 Å². The Morgan fingerprint density at radius 3 is 2.50 bits per heavy atom. The first-order chi connectivity index (χ1) is 9.14. The van der Waals surface area contributed by atoms with E-state index in [-0.39, 0.29) is 6.07 Å². The van der Waals surface area contributed by atoms with E-state index in [1.807, 2.05) is 0 Å². The second-order valence-electron chi connectivity index (χ2n) is 3.44. The standard InChI is InChI=1S/C10H8F5NO4/c1-19-7(17)3-4-8(18)6(20-10(13,14)15)2-5(16-4)9(11)12/h2,9,18H,3H2,1H3. The number of aromatic hydroxyl groups is 1. The van der Waals surface area contributed by atoms with Crippen molar-refractivity contribution in [3.8, 4) is 11.5 Å². The van der Waals surface area contributed by atoms with Crippen molar-refractivity contribution in [2.75, 3.05) is 7.11 Å². The lowest BCUT2D eigenvalue weighted by molar-refractivity contribution is -0.275. The van der Waals surface area contributed by atoms with E-state index in [0.29, 0.717) is 0 Å². The van der Waals surface area contributed by atoms with E-state index >= 15 is 0 Å². The van der Waals surface area contributed by atoms with Gasteiger partial charge >= 0.3 is 12.3 Å². The molecule has 0 aliphatic heterocycles. The molecule has 1 aromatic rings. The van der Waals surface area contributed by atoms with E-state index in [1.54, 1.807) is 0 Å². The van der Waals surface area contributed by atoms with Crippen molar-refractivity contribution in [2.24, 2.45) is 0 Å². The van der Waals surface area contributed by atoms with Gasteiger partial charge in [0.05, 0.1) is 19.2 Å². The summed E-state index contributed by atoms with van der Waals surface area (Å²) in [7, 11) is 0.976. The monoisotopic (exact) mass is 301 g/mol. The SMILES string of the molecule is COC(=O)Cc1nc(C(F)F)cc(OC(F)(F)F)c1O. The highest BCUT2D eigenvalue weighted by molar-refractivity contribution is 5.73. The number of esters is 1. The fourth-order valence-electron chi connectivity index (χ4n) is 1.23. The molecule has 0 spiro atoms. The highest BCUT2D eigenvalue weighted by atomic mass is 19.4. The summed E-state index contributed by atoms with van der Waals surface area (Å²) in [6, 6.07) is 0.244. The van der Waals surface area contributed by atoms with Gasteiger partial charge in [0.25, 0.3) is 6.43 Å². The first-order valence-electron chi connectivity index (χ1n) is 4.97. The molecule has 0 unspecified atom stereocenters. The number of methoxy groups -OCH3 is 1. The number of halogens is 5. The van der Waals surface area contributed by atoms with Gasteiger partial charge in [0, 0.05) is 6.07 Å². The summed E-state index contributed by atoms with van der Waals surface area (Å²) >= 11 is 0. The van der Waals surface area contributed by atoms with Crippen molar-refractivity contribution in [3.05, 3.63) is 17.5 Å². The average Bonchev–Trinajstić information content (AvgIpc) is 2.31. The second-order valence-corrected chi connectivity index (χ2v) is 3.44. The maximum Gasteiger partial charge on any atom is 0.573 e. The number of carbonyl (C=O) groups is 1. The molecule has 5 nitrogen and oxygen atoms in total. The lowest BCUT2D eigenvalue weighted by Crippen LogP contribution is -2.18. The van der Waals surface area contributed by atoms with Gasteiger partial charge < -0.3 is 14.6 Å². The molecule has 0 atom stereocenters. The van der Waals surface area contributed by atoms with Crippen LogP contribution in [0.4, 0.5) is 22.0 Å². The molecule has 0 aliphatic rings. The molecule has 1 aromatic heterocycles. The fourth-order valence-corrected chi connectivity index (χ4v) is 1.23. The Balaban J connectivity index is 3.25. The van der Waals surface area contributed by atoms with Gasteiger partial charge in [-0.25, -0.2) is 13.8 Å². The van der Waals surface area contributed by atoms with Crippen LogP contribution in [0.25, 0.3) is 0 Å². The van der Waals surface area contributed by atoms with Crippen molar-refractivity contribution >= 4 is 5.97 Å². The quantitative estimate of drug-likeness (QED) is 0.683. The zero-order valence-corrected chi connectivity index (χ0v) is 9.87. The first kappa shape index (κ1) is 15.9. The lowest BCUT2D eigenvalue weighted by atomic mass is 10.2. The van der Waals surface area contributed by atoms with Gasteiger partial charge in [0.1, 0.15) is 5.69 Å². The van der Waals surface area contributed by atoms with Crippen LogP contribution in [-0.4, -0.2) is 29.5 Å². The average molecular weight is 301 g/mol. The molecule has 0 aromatic carbocycles. The number of pyridine rings is 1. The number of hydrogen-bond donors (Lipinski definition) is 1. The van der Waals surface area contributed by atoms with Crippen LogP contribution < -0.4 is 4.74 Å². The smallest absolute Gasteiger partial charge is 0.503 e. The van der Waals surface area contributed by atoms with Crippen LogP contribution in [0, 0.1) is 0 Å². The zero-order valence-electron chi connectivity index (χ0n) is 9.87. The van der Waals surface area contributed by atoms with E-state index in [2.05, 4.69) is 14.5 Å². The Bertz CT molecular complexity index is 503. The van der Waals surface area contributed by atoms with Crippen LogP contribution in [0.15, 0.2) is 6.07 Å². The molecule has 1 heterocycles. The predicted octanol–water partition coefficient (Wildman–Crippen LogP) is 2.34. The maximum absolute atomic E-state index is 12.5. The topological polar surface area (TPSA) is 68.7 Å². The molecular formula is C10H8F5NO4. The van der Waals surface area contributed by atoms with Crippen molar-refractivity contribution in [1.82, 2.24) is 4.98 Å². The second kappa shape index (κ2) is 5.88. The fraction of sp³-hybridized carbons (Fsp3) is 0.400. The first-order valence-corrected chi connectivity index (χ1v) is 4.97. The Hall–Kier alpha value is -2.13. The van der Waals surface area contributed by atoms with Crippen LogP contribution in [0.5, 0.6) is 11.5 Å². The molecule has 10 heteroatoms. The van der Waals surface area contributed by atoms with E-state index < -0.39 is 48.1 Å². The molecule has 0 aliphatic carbocycles. The van der Waals surface area contributed by atoms with Crippen molar-refractivity contribution in [3.63, 3.8) is 0 Å². The zero-order chi connectivity index (χ0) is 15.5. The minimum atomic E-state index is -5.19. The molecule has 20 heavy (non-hydrogen) atoms. The molecule has 0 saturated heterocycles. The van der Waals surface area contributed by atoms with Crippen LogP contribution in [-0.2, 0) is 16.0 Å². The molecule has 1 rings (SSSR count). The van der Waals surface area contributed by atoms with Gasteiger partial charge in [-0.2, -0.15) is 0 Å². The normalized spacial score (nSPS) is 11.6. The molecule has 0 radical (unpaired) electrons. The minimum Gasteiger partial charge on any atom is -0.503 e. The van der Waals surface area contributed by atoms with Crippen LogP contribution in [0.1, 0.15) is 17.8 Å². The summed E-state index contributed by atoms with van der Waals surface area (Å²) in [6.45, 7) is 0. The molecule has 0 fully saturated rings. The summed E-state index contributed by atoms with van der Waals surface area (Å²) in [5, 5.41) is 9.46. The van der Waals surface area contributed by atoms with Gasteiger partial charge in [0.15, 0.2) is 11.5 Å².